The maximum atomic E-state index is 11.7. The Morgan fingerprint density at radius 2 is 2.21 bits per heavy atom. The van der Waals surface area contributed by atoms with Gasteiger partial charge in [-0.2, -0.15) is 13.2 Å². The van der Waals surface area contributed by atoms with Crippen LogP contribution in [0.1, 0.15) is 4.88 Å². The van der Waals surface area contributed by atoms with E-state index in [0.717, 1.165) is 4.88 Å². The summed E-state index contributed by atoms with van der Waals surface area (Å²) in [7, 11) is 0. The number of alkyl halides is 3. The predicted molar refractivity (Wildman–Crippen MR) is 47.1 cm³/mol. The molecule has 1 aromatic heterocycles. The standard InChI is InChI=1S/C8H8F3NOS/c9-8(10,11)7(13)12-4-3-6-2-1-5-14-6/h1-2,5H,3-4H2,(H,12,13). The van der Waals surface area contributed by atoms with Gasteiger partial charge in [-0.1, -0.05) is 6.07 Å². The molecule has 0 unspecified atom stereocenters. The van der Waals surface area contributed by atoms with Crippen molar-refractivity contribution in [1.82, 2.24) is 5.32 Å². The van der Waals surface area contributed by atoms with Crippen molar-refractivity contribution in [2.75, 3.05) is 6.54 Å². The second-order valence-corrected chi connectivity index (χ2v) is 3.62. The average molecular weight is 223 g/mol. The van der Waals surface area contributed by atoms with Crippen molar-refractivity contribution in [1.29, 1.82) is 0 Å². The number of rotatable bonds is 3. The Kier molecular flexibility index (Phi) is 3.51. The Bertz CT molecular complexity index is 294. The molecule has 2 nitrogen and oxygen atoms in total. The van der Waals surface area contributed by atoms with Gasteiger partial charge >= 0.3 is 12.1 Å². The first-order chi connectivity index (χ1) is 6.50. The van der Waals surface area contributed by atoms with E-state index in [-0.39, 0.29) is 6.54 Å². The summed E-state index contributed by atoms with van der Waals surface area (Å²) in [5.41, 5.74) is 0. The summed E-state index contributed by atoms with van der Waals surface area (Å²) in [5.74, 6) is -1.88. The first-order valence-corrected chi connectivity index (χ1v) is 4.75. The largest absolute Gasteiger partial charge is 0.471 e. The number of nitrogens with one attached hydrogen (secondary N) is 1. The molecule has 1 rings (SSSR count). The van der Waals surface area contributed by atoms with Gasteiger partial charge in [0.15, 0.2) is 0 Å². The SMILES string of the molecule is O=C(NCCc1cccs1)C(F)(F)F. The molecule has 0 aliphatic carbocycles. The van der Waals surface area contributed by atoms with Crippen LogP contribution in [0.3, 0.4) is 0 Å². The molecule has 1 N–H and O–H groups in total. The zero-order valence-electron chi connectivity index (χ0n) is 7.10. The van der Waals surface area contributed by atoms with E-state index in [0.29, 0.717) is 6.42 Å². The fraction of sp³-hybridized carbons (Fsp3) is 0.375. The summed E-state index contributed by atoms with van der Waals surface area (Å²) in [6.45, 7) is 0.0128. The van der Waals surface area contributed by atoms with E-state index in [1.807, 2.05) is 17.5 Å². The van der Waals surface area contributed by atoms with Crippen molar-refractivity contribution in [3.05, 3.63) is 22.4 Å². The molecule has 0 aliphatic heterocycles. The van der Waals surface area contributed by atoms with Crippen LogP contribution >= 0.6 is 11.3 Å². The Labute approximate surface area is 82.7 Å². The molecule has 1 amide bonds. The average Bonchev–Trinajstić information content (AvgIpc) is 2.55. The summed E-state index contributed by atoms with van der Waals surface area (Å²) in [5, 5.41) is 3.64. The molecular weight excluding hydrogens is 215 g/mol. The van der Waals surface area contributed by atoms with Gasteiger partial charge in [0.05, 0.1) is 0 Å². The van der Waals surface area contributed by atoms with Crippen LogP contribution in [0.25, 0.3) is 0 Å². The Balaban J connectivity index is 2.26. The van der Waals surface area contributed by atoms with Gasteiger partial charge in [0.1, 0.15) is 0 Å². The fourth-order valence-electron chi connectivity index (χ4n) is 0.854. The number of thiophene rings is 1. The smallest absolute Gasteiger partial charge is 0.348 e. The lowest BCUT2D eigenvalue weighted by Gasteiger charge is -2.06. The highest BCUT2D eigenvalue weighted by atomic mass is 32.1. The minimum absolute atomic E-state index is 0.0128. The van der Waals surface area contributed by atoms with Crippen molar-refractivity contribution in [2.45, 2.75) is 12.6 Å². The molecular formula is C8H8F3NOS. The molecule has 0 saturated heterocycles. The first kappa shape index (κ1) is 11.0. The van der Waals surface area contributed by atoms with Crippen LogP contribution in [0.5, 0.6) is 0 Å². The molecule has 1 aromatic rings. The lowest BCUT2D eigenvalue weighted by atomic mass is 10.3. The molecule has 6 heteroatoms. The topological polar surface area (TPSA) is 29.1 Å². The van der Waals surface area contributed by atoms with Crippen LogP contribution in [0.4, 0.5) is 13.2 Å². The van der Waals surface area contributed by atoms with E-state index in [2.05, 4.69) is 0 Å². The molecule has 0 aromatic carbocycles. The molecule has 0 atom stereocenters. The van der Waals surface area contributed by atoms with E-state index in [1.54, 1.807) is 5.32 Å². The monoisotopic (exact) mass is 223 g/mol. The molecule has 0 fully saturated rings. The molecule has 78 valence electrons. The third kappa shape index (κ3) is 3.37. The highest BCUT2D eigenvalue weighted by molar-refractivity contribution is 7.09. The van der Waals surface area contributed by atoms with Crippen molar-refractivity contribution < 1.29 is 18.0 Å². The van der Waals surface area contributed by atoms with Crippen LogP contribution in [0.2, 0.25) is 0 Å². The van der Waals surface area contributed by atoms with Gasteiger partial charge < -0.3 is 5.32 Å². The quantitative estimate of drug-likeness (QED) is 0.834. The van der Waals surface area contributed by atoms with Crippen LogP contribution in [0, 0.1) is 0 Å². The Hall–Kier alpha value is -1.04. The van der Waals surface area contributed by atoms with Crippen LogP contribution in [-0.2, 0) is 11.2 Å². The highest BCUT2D eigenvalue weighted by Gasteiger charge is 2.38. The Morgan fingerprint density at radius 1 is 1.50 bits per heavy atom. The molecule has 0 aliphatic rings. The highest BCUT2D eigenvalue weighted by Crippen LogP contribution is 2.14. The molecule has 0 spiro atoms. The zero-order chi connectivity index (χ0) is 10.6. The normalized spacial score (nSPS) is 11.4. The first-order valence-electron chi connectivity index (χ1n) is 3.87. The summed E-state index contributed by atoms with van der Waals surface area (Å²) in [6, 6.07) is 3.62. The number of halogens is 3. The van der Waals surface area contributed by atoms with Gasteiger partial charge in [-0.3, -0.25) is 4.79 Å². The summed E-state index contributed by atoms with van der Waals surface area (Å²) in [4.78, 5) is 11.3. The lowest BCUT2D eigenvalue weighted by Crippen LogP contribution is -2.37. The predicted octanol–water partition coefficient (Wildman–Crippen LogP) is 1.97. The van der Waals surface area contributed by atoms with Crippen molar-refractivity contribution in [3.8, 4) is 0 Å². The second-order valence-electron chi connectivity index (χ2n) is 2.58. The van der Waals surface area contributed by atoms with E-state index < -0.39 is 12.1 Å². The van der Waals surface area contributed by atoms with Crippen LogP contribution in [0.15, 0.2) is 17.5 Å². The van der Waals surface area contributed by atoms with Gasteiger partial charge in [0, 0.05) is 11.4 Å². The lowest BCUT2D eigenvalue weighted by molar-refractivity contribution is -0.173. The minimum Gasteiger partial charge on any atom is -0.348 e. The number of amides is 1. The third-order valence-corrected chi connectivity index (χ3v) is 2.43. The molecule has 0 bridgehead atoms. The number of carbonyl (C=O) groups is 1. The number of hydrogen-bond donors (Lipinski definition) is 1. The zero-order valence-corrected chi connectivity index (χ0v) is 7.91. The molecule has 1 heterocycles. The van der Waals surface area contributed by atoms with E-state index in [1.165, 1.54) is 11.3 Å². The summed E-state index contributed by atoms with van der Waals surface area (Å²) in [6.07, 6.45) is -4.35. The third-order valence-electron chi connectivity index (χ3n) is 1.49. The number of hydrogen-bond acceptors (Lipinski definition) is 2. The van der Waals surface area contributed by atoms with Gasteiger partial charge in [0.25, 0.3) is 0 Å². The second kappa shape index (κ2) is 4.45. The van der Waals surface area contributed by atoms with E-state index in [9.17, 15) is 18.0 Å². The van der Waals surface area contributed by atoms with Crippen molar-refractivity contribution >= 4 is 17.2 Å². The number of carbonyl (C=O) groups excluding carboxylic acids is 1. The van der Waals surface area contributed by atoms with E-state index in [4.69, 9.17) is 0 Å². The molecule has 0 radical (unpaired) electrons. The maximum absolute atomic E-state index is 11.7. The van der Waals surface area contributed by atoms with Crippen LogP contribution < -0.4 is 5.32 Å². The van der Waals surface area contributed by atoms with Gasteiger partial charge in [-0.05, 0) is 17.9 Å². The molecule has 14 heavy (non-hydrogen) atoms. The van der Waals surface area contributed by atoms with Gasteiger partial charge in [-0.15, -0.1) is 11.3 Å². The van der Waals surface area contributed by atoms with Crippen molar-refractivity contribution in [2.24, 2.45) is 0 Å². The maximum Gasteiger partial charge on any atom is 0.471 e. The van der Waals surface area contributed by atoms with Crippen molar-refractivity contribution in [3.63, 3.8) is 0 Å². The molecule has 0 saturated carbocycles. The summed E-state index contributed by atoms with van der Waals surface area (Å²) >= 11 is 1.45. The minimum atomic E-state index is -4.78. The summed E-state index contributed by atoms with van der Waals surface area (Å²) < 4.78 is 35.1. The van der Waals surface area contributed by atoms with Crippen LogP contribution in [-0.4, -0.2) is 18.6 Å². The van der Waals surface area contributed by atoms with Gasteiger partial charge in [-0.25, -0.2) is 0 Å². The van der Waals surface area contributed by atoms with Gasteiger partial charge in [0.2, 0.25) is 0 Å². The fourth-order valence-corrected chi connectivity index (χ4v) is 1.56. The van der Waals surface area contributed by atoms with E-state index >= 15 is 0 Å². The Morgan fingerprint density at radius 3 is 2.71 bits per heavy atom.